The Kier molecular flexibility index (Phi) is 5.24. The van der Waals surface area contributed by atoms with E-state index in [9.17, 15) is 13.2 Å². The molecule has 0 saturated carbocycles. The van der Waals surface area contributed by atoms with Crippen molar-refractivity contribution in [2.24, 2.45) is 5.92 Å². The first kappa shape index (κ1) is 17.0. The molecule has 6 heteroatoms. The maximum atomic E-state index is 12.9. The highest BCUT2D eigenvalue weighted by molar-refractivity contribution is 7.89. The van der Waals surface area contributed by atoms with E-state index in [1.54, 1.807) is 35.2 Å². The number of amides is 1. The third-order valence-electron chi connectivity index (χ3n) is 3.96. The Labute approximate surface area is 133 Å². The summed E-state index contributed by atoms with van der Waals surface area (Å²) in [4.78, 5) is 14.2. The molecule has 1 atom stereocenters. The van der Waals surface area contributed by atoms with E-state index in [0.717, 1.165) is 0 Å². The Morgan fingerprint density at radius 1 is 1.23 bits per heavy atom. The van der Waals surface area contributed by atoms with Crippen LogP contribution in [0.2, 0.25) is 0 Å². The standard InChI is InChI=1S/C16H24N2O3S/c1-4-15(19)17-11-8-12-18(16(17)13(2)3)22(20,21)14-9-6-5-7-10-14/h5-7,9-10,13,16H,4,8,11-12H2,1-3H3. The van der Waals surface area contributed by atoms with Gasteiger partial charge in [-0.1, -0.05) is 39.0 Å². The van der Waals surface area contributed by atoms with Gasteiger partial charge in [-0.15, -0.1) is 0 Å². The summed E-state index contributed by atoms with van der Waals surface area (Å²) in [5, 5.41) is 0. The van der Waals surface area contributed by atoms with Gasteiger partial charge >= 0.3 is 0 Å². The lowest BCUT2D eigenvalue weighted by atomic mass is 10.1. The summed E-state index contributed by atoms with van der Waals surface area (Å²) >= 11 is 0. The molecule has 0 bridgehead atoms. The Morgan fingerprint density at radius 3 is 2.41 bits per heavy atom. The topological polar surface area (TPSA) is 57.7 Å². The van der Waals surface area contributed by atoms with Crippen LogP contribution in [0.1, 0.15) is 33.6 Å². The van der Waals surface area contributed by atoms with Crippen LogP contribution in [0.5, 0.6) is 0 Å². The van der Waals surface area contributed by atoms with Crippen molar-refractivity contribution in [1.82, 2.24) is 9.21 Å². The van der Waals surface area contributed by atoms with Crippen molar-refractivity contribution >= 4 is 15.9 Å². The van der Waals surface area contributed by atoms with Gasteiger partial charge in [-0.3, -0.25) is 4.79 Å². The Balaban J connectivity index is 2.41. The van der Waals surface area contributed by atoms with E-state index in [-0.39, 0.29) is 16.7 Å². The largest absolute Gasteiger partial charge is 0.326 e. The van der Waals surface area contributed by atoms with Gasteiger partial charge in [-0.05, 0) is 24.5 Å². The fourth-order valence-corrected chi connectivity index (χ4v) is 4.76. The van der Waals surface area contributed by atoms with Crippen LogP contribution in [0.15, 0.2) is 35.2 Å². The molecule has 1 saturated heterocycles. The molecular weight excluding hydrogens is 300 g/mol. The highest BCUT2D eigenvalue weighted by atomic mass is 32.2. The highest BCUT2D eigenvalue weighted by Crippen LogP contribution is 2.28. The van der Waals surface area contributed by atoms with Crippen LogP contribution >= 0.6 is 0 Å². The molecule has 1 aromatic rings. The minimum absolute atomic E-state index is 0.00617. The lowest BCUT2D eigenvalue weighted by Crippen LogP contribution is -2.59. The van der Waals surface area contributed by atoms with Gasteiger partial charge in [-0.25, -0.2) is 8.42 Å². The molecule has 0 spiro atoms. The number of hydrogen-bond donors (Lipinski definition) is 0. The van der Waals surface area contributed by atoms with Crippen LogP contribution < -0.4 is 0 Å². The molecule has 1 aliphatic heterocycles. The van der Waals surface area contributed by atoms with Gasteiger partial charge < -0.3 is 4.90 Å². The average molecular weight is 324 g/mol. The summed E-state index contributed by atoms with van der Waals surface area (Å²) in [6.45, 7) is 6.80. The predicted molar refractivity (Wildman–Crippen MR) is 85.6 cm³/mol. The van der Waals surface area contributed by atoms with Crippen LogP contribution in [-0.4, -0.2) is 42.8 Å². The summed E-state index contributed by atoms with van der Waals surface area (Å²) < 4.78 is 27.4. The van der Waals surface area contributed by atoms with Crippen molar-refractivity contribution in [3.8, 4) is 0 Å². The molecule has 2 rings (SSSR count). The van der Waals surface area contributed by atoms with Gasteiger partial charge in [0.25, 0.3) is 0 Å². The fourth-order valence-electron chi connectivity index (χ4n) is 2.97. The molecule has 0 aliphatic carbocycles. The fraction of sp³-hybridized carbons (Fsp3) is 0.562. The second kappa shape index (κ2) is 6.79. The molecule has 0 radical (unpaired) electrons. The van der Waals surface area contributed by atoms with Crippen molar-refractivity contribution in [2.75, 3.05) is 13.1 Å². The van der Waals surface area contributed by atoms with E-state index in [1.807, 2.05) is 20.8 Å². The first-order chi connectivity index (χ1) is 10.4. The van der Waals surface area contributed by atoms with Crippen molar-refractivity contribution in [3.05, 3.63) is 30.3 Å². The van der Waals surface area contributed by atoms with Crippen LogP contribution in [0, 0.1) is 5.92 Å². The maximum absolute atomic E-state index is 12.9. The van der Waals surface area contributed by atoms with Gasteiger partial charge in [-0.2, -0.15) is 4.31 Å². The monoisotopic (exact) mass is 324 g/mol. The van der Waals surface area contributed by atoms with Gasteiger partial charge in [0.05, 0.1) is 4.90 Å². The molecule has 0 N–H and O–H groups in total. The van der Waals surface area contributed by atoms with Crippen molar-refractivity contribution in [1.29, 1.82) is 0 Å². The van der Waals surface area contributed by atoms with Crippen molar-refractivity contribution in [2.45, 2.75) is 44.7 Å². The normalized spacial score (nSPS) is 20.4. The molecule has 1 fully saturated rings. The number of carbonyl (C=O) groups is 1. The molecule has 5 nitrogen and oxygen atoms in total. The Bertz CT molecular complexity index is 614. The first-order valence-corrected chi connectivity index (χ1v) is 9.20. The third kappa shape index (κ3) is 3.17. The van der Waals surface area contributed by atoms with Crippen LogP contribution in [0.25, 0.3) is 0 Å². The molecule has 1 unspecified atom stereocenters. The van der Waals surface area contributed by atoms with Gasteiger partial charge in [0, 0.05) is 19.5 Å². The SMILES string of the molecule is CCC(=O)N1CCCN(S(=O)(=O)c2ccccc2)C1C(C)C. The minimum atomic E-state index is -3.59. The molecule has 1 aliphatic rings. The van der Waals surface area contributed by atoms with E-state index in [1.165, 1.54) is 4.31 Å². The van der Waals surface area contributed by atoms with E-state index < -0.39 is 16.2 Å². The molecule has 0 aromatic heterocycles. The predicted octanol–water partition coefficient (Wildman–Crippen LogP) is 2.30. The molecule has 1 heterocycles. The van der Waals surface area contributed by atoms with Crippen LogP contribution in [0.3, 0.4) is 0 Å². The quantitative estimate of drug-likeness (QED) is 0.854. The zero-order valence-electron chi connectivity index (χ0n) is 13.4. The highest BCUT2D eigenvalue weighted by Gasteiger charge is 2.40. The summed E-state index contributed by atoms with van der Waals surface area (Å²) in [5.41, 5.74) is 0. The first-order valence-electron chi connectivity index (χ1n) is 7.76. The van der Waals surface area contributed by atoms with Gasteiger partial charge in [0.2, 0.25) is 15.9 Å². The zero-order chi connectivity index (χ0) is 16.3. The van der Waals surface area contributed by atoms with Crippen molar-refractivity contribution < 1.29 is 13.2 Å². The number of carbonyl (C=O) groups excluding carboxylic acids is 1. The van der Waals surface area contributed by atoms with Crippen molar-refractivity contribution in [3.63, 3.8) is 0 Å². The van der Waals surface area contributed by atoms with E-state index in [2.05, 4.69) is 0 Å². The second-order valence-electron chi connectivity index (χ2n) is 5.88. The smallest absolute Gasteiger partial charge is 0.244 e. The molecule has 22 heavy (non-hydrogen) atoms. The number of nitrogens with zero attached hydrogens (tertiary/aromatic N) is 2. The molecular formula is C16H24N2O3S. The number of hydrogen-bond acceptors (Lipinski definition) is 3. The van der Waals surface area contributed by atoms with Gasteiger partial charge in [0.1, 0.15) is 6.17 Å². The average Bonchev–Trinajstić information content (AvgIpc) is 2.54. The minimum Gasteiger partial charge on any atom is -0.326 e. The Hall–Kier alpha value is -1.40. The summed E-state index contributed by atoms with van der Waals surface area (Å²) in [6, 6.07) is 8.44. The van der Waals surface area contributed by atoms with E-state index >= 15 is 0 Å². The molecule has 122 valence electrons. The van der Waals surface area contributed by atoms with E-state index in [4.69, 9.17) is 0 Å². The summed E-state index contributed by atoms with van der Waals surface area (Å²) in [6.07, 6.45) is 0.648. The lowest BCUT2D eigenvalue weighted by Gasteiger charge is -2.45. The van der Waals surface area contributed by atoms with Crippen LogP contribution in [0.4, 0.5) is 0 Å². The van der Waals surface area contributed by atoms with Crippen LogP contribution in [-0.2, 0) is 14.8 Å². The Morgan fingerprint density at radius 2 is 1.86 bits per heavy atom. The lowest BCUT2D eigenvalue weighted by molar-refractivity contribution is -0.139. The van der Waals surface area contributed by atoms with Gasteiger partial charge in [0.15, 0.2) is 0 Å². The summed E-state index contributed by atoms with van der Waals surface area (Å²) in [7, 11) is -3.59. The number of sulfonamides is 1. The molecule has 1 aromatic carbocycles. The number of rotatable bonds is 4. The maximum Gasteiger partial charge on any atom is 0.244 e. The zero-order valence-corrected chi connectivity index (χ0v) is 14.2. The second-order valence-corrected chi connectivity index (χ2v) is 7.77. The molecule has 1 amide bonds. The summed E-state index contributed by atoms with van der Waals surface area (Å²) in [5.74, 6) is 0.0425. The van der Waals surface area contributed by atoms with E-state index in [0.29, 0.717) is 25.9 Å². The number of benzene rings is 1. The third-order valence-corrected chi connectivity index (χ3v) is 5.84.